The van der Waals surface area contributed by atoms with Crippen molar-refractivity contribution in [2.75, 3.05) is 13.1 Å². The third-order valence-electron chi connectivity index (χ3n) is 6.81. The summed E-state index contributed by atoms with van der Waals surface area (Å²) in [6.45, 7) is 3.85. The number of halogens is 3. The molecule has 1 saturated heterocycles. The van der Waals surface area contributed by atoms with Gasteiger partial charge in [-0.25, -0.2) is 13.8 Å². The molecule has 5 rings (SSSR count). The Morgan fingerprint density at radius 1 is 1.11 bits per heavy atom. The van der Waals surface area contributed by atoms with Crippen LogP contribution in [0.15, 0.2) is 54.6 Å². The van der Waals surface area contributed by atoms with Gasteiger partial charge in [-0.05, 0) is 79.5 Å². The van der Waals surface area contributed by atoms with Gasteiger partial charge >= 0.3 is 0 Å². The van der Waals surface area contributed by atoms with Crippen LogP contribution in [-0.4, -0.2) is 33.3 Å². The van der Waals surface area contributed by atoms with Gasteiger partial charge < -0.3 is 9.30 Å². The van der Waals surface area contributed by atoms with E-state index in [0.717, 1.165) is 35.4 Å². The molecule has 1 aliphatic rings. The second-order valence-corrected chi connectivity index (χ2v) is 9.72. The lowest BCUT2D eigenvalue weighted by Crippen LogP contribution is -2.22. The molecule has 1 fully saturated rings. The van der Waals surface area contributed by atoms with Gasteiger partial charge in [-0.2, -0.15) is 0 Å². The van der Waals surface area contributed by atoms with E-state index in [-0.39, 0.29) is 29.9 Å². The van der Waals surface area contributed by atoms with Gasteiger partial charge in [0, 0.05) is 30.1 Å². The number of carbonyl (C=O) groups is 1. The molecular formula is C28H26ClF2N3O2. The quantitative estimate of drug-likeness (QED) is 0.275. The molecule has 4 aromatic rings. The number of aromatic nitrogens is 2. The second kappa shape index (κ2) is 9.99. The van der Waals surface area contributed by atoms with Crippen LogP contribution in [0.1, 0.15) is 46.6 Å². The number of fused-ring (bicyclic) bond motifs is 1. The lowest BCUT2D eigenvalue weighted by molar-refractivity contribution is 0.101. The van der Waals surface area contributed by atoms with Crippen molar-refractivity contribution in [1.29, 1.82) is 0 Å². The molecule has 1 aromatic heterocycles. The fourth-order valence-corrected chi connectivity index (χ4v) is 4.94. The maximum atomic E-state index is 14.8. The summed E-state index contributed by atoms with van der Waals surface area (Å²) < 4.78 is 36.4. The van der Waals surface area contributed by atoms with Gasteiger partial charge in [0.15, 0.2) is 17.3 Å². The minimum absolute atomic E-state index is 0.0231. The number of benzene rings is 3. The Balaban J connectivity index is 1.27. The molecule has 0 saturated carbocycles. The topological polar surface area (TPSA) is 47.4 Å². The highest BCUT2D eigenvalue weighted by atomic mass is 35.5. The summed E-state index contributed by atoms with van der Waals surface area (Å²) in [5, 5.41) is 0.300. The maximum Gasteiger partial charge on any atom is 0.166 e. The van der Waals surface area contributed by atoms with E-state index in [9.17, 15) is 13.6 Å². The van der Waals surface area contributed by atoms with Gasteiger partial charge in [0.1, 0.15) is 18.2 Å². The van der Waals surface area contributed by atoms with Crippen molar-refractivity contribution < 1.29 is 18.3 Å². The van der Waals surface area contributed by atoms with Gasteiger partial charge in [-0.15, -0.1) is 0 Å². The van der Waals surface area contributed by atoms with Gasteiger partial charge in [-0.1, -0.05) is 17.7 Å². The van der Waals surface area contributed by atoms with Crippen LogP contribution in [0.2, 0.25) is 5.02 Å². The SMILES string of the molecule is CC(=O)c1ccc2nc(CN3CCC(c4cc(COc5ccc(Cl)cc5F)ccc4F)C3)n(C)c2c1. The second-order valence-electron chi connectivity index (χ2n) is 9.29. The van der Waals surface area contributed by atoms with E-state index in [1.54, 1.807) is 25.1 Å². The number of Topliss-reactive ketones (excluding diaryl/α,β-unsaturated/α-hetero) is 1. The summed E-state index contributed by atoms with van der Waals surface area (Å²) in [5.74, 6) is 0.291. The van der Waals surface area contributed by atoms with Crippen molar-refractivity contribution in [1.82, 2.24) is 14.5 Å². The van der Waals surface area contributed by atoms with Crippen LogP contribution < -0.4 is 4.74 Å². The number of ether oxygens (including phenoxy) is 1. The minimum atomic E-state index is -0.532. The minimum Gasteiger partial charge on any atom is -0.486 e. The van der Waals surface area contributed by atoms with Crippen LogP contribution >= 0.6 is 11.6 Å². The lowest BCUT2D eigenvalue weighted by Gasteiger charge is -2.17. The monoisotopic (exact) mass is 509 g/mol. The number of rotatable bonds is 7. The largest absolute Gasteiger partial charge is 0.486 e. The first-order chi connectivity index (χ1) is 17.3. The third-order valence-corrected chi connectivity index (χ3v) is 7.04. The molecule has 1 atom stereocenters. The van der Waals surface area contributed by atoms with Gasteiger partial charge in [0.2, 0.25) is 0 Å². The zero-order valence-corrected chi connectivity index (χ0v) is 20.9. The van der Waals surface area contributed by atoms with Crippen molar-refractivity contribution in [3.63, 3.8) is 0 Å². The number of imidazole rings is 1. The number of aryl methyl sites for hydroxylation is 1. The standard InChI is InChI=1S/C28H26ClF2N3O2/c1-17(35)19-4-7-25-26(12-19)33(2)28(32-25)15-34-10-9-20(14-34)22-11-18(3-6-23(22)30)16-36-27-8-5-21(29)13-24(27)31/h3-8,11-13,20H,9-10,14-16H2,1-2H3. The molecule has 0 aliphatic carbocycles. The van der Waals surface area contributed by atoms with Crippen molar-refractivity contribution in [3.8, 4) is 5.75 Å². The Labute approximate surface area is 213 Å². The Morgan fingerprint density at radius 3 is 2.72 bits per heavy atom. The predicted molar refractivity (Wildman–Crippen MR) is 135 cm³/mol. The zero-order valence-electron chi connectivity index (χ0n) is 20.1. The van der Waals surface area contributed by atoms with Gasteiger partial charge in [0.25, 0.3) is 0 Å². The molecule has 0 N–H and O–H groups in total. The lowest BCUT2D eigenvalue weighted by atomic mass is 9.96. The molecule has 0 bridgehead atoms. The Hall–Kier alpha value is -3.29. The van der Waals surface area contributed by atoms with E-state index in [4.69, 9.17) is 21.3 Å². The summed E-state index contributed by atoms with van der Waals surface area (Å²) >= 11 is 5.80. The summed E-state index contributed by atoms with van der Waals surface area (Å²) in [7, 11) is 1.95. The summed E-state index contributed by atoms with van der Waals surface area (Å²) in [5.41, 5.74) is 3.85. The van der Waals surface area contributed by atoms with Crippen LogP contribution in [0, 0.1) is 11.6 Å². The molecule has 186 valence electrons. The number of likely N-dealkylation sites (tertiary alicyclic amines) is 1. The van der Waals surface area contributed by atoms with E-state index in [1.807, 2.05) is 29.8 Å². The number of nitrogens with zero attached hydrogens (tertiary/aromatic N) is 3. The third kappa shape index (κ3) is 4.99. The van der Waals surface area contributed by atoms with Crippen molar-refractivity contribution in [2.24, 2.45) is 7.05 Å². The molecule has 1 aliphatic heterocycles. The zero-order chi connectivity index (χ0) is 25.4. The molecule has 5 nitrogen and oxygen atoms in total. The summed E-state index contributed by atoms with van der Waals surface area (Å²) in [6, 6.07) is 14.7. The Kier molecular flexibility index (Phi) is 6.77. The molecule has 0 spiro atoms. The average molecular weight is 510 g/mol. The Morgan fingerprint density at radius 2 is 1.94 bits per heavy atom. The number of hydrogen-bond donors (Lipinski definition) is 0. The van der Waals surface area contributed by atoms with E-state index < -0.39 is 5.82 Å². The van der Waals surface area contributed by atoms with Gasteiger partial charge in [0.05, 0.1) is 17.6 Å². The van der Waals surface area contributed by atoms with E-state index in [0.29, 0.717) is 29.2 Å². The predicted octanol–water partition coefficient (Wildman–Crippen LogP) is 6.28. The van der Waals surface area contributed by atoms with E-state index >= 15 is 0 Å². The van der Waals surface area contributed by atoms with Crippen LogP contribution in [0.4, 0.5) is 8.78 Å². The highest BCUT2D eigenvalue weighted by Crippen LogP contribution is 2.31. The fraction of sp³-hybridized carbons (Fsp3) is 0.286. The highest BCUT2D eigenvalue weighted by Gasteiger charge is 2.27. The van der Waals surface area contributed by atoms with Crippen LogP contribution in [-0.2, 0) is 20.2 Å². The number of carbonyl (C=O) groups excluding carboxylic acids is 1. The van der Waals surface area contributed by atoms with Crippen molar-refractivity contribution in [2.45, 2.75) is 32.4 Å². The first-order valence-corrected chi connectivity index (χ1v) is 12.2. The number of hydrogen-bond acceptors (Lipinski definition) is 4. The van der Waals surface area contributed by atoms with Crippen LogP contribution in [0.3, 0.4) is 0 Å². The molecule has 8 heteroatoms. The molecule has 0 amide bonds. The molecule has 36 heavy (non-hydrogen) atoms. The smallest absolute Gasteiger partial charge is 0.166 e. The molecule has 1 unspecified atom stereocenters. The number of ketones is 1. The molecule has 3 aromatic carbocycles. The fourth-order valence-electron chi connectivity index (χ4n) is 4.78. The van der Waals surface area contributed by atoms with Crippen LogP contribution in [0.5, 0.6) is 5.75 Å². The average Bonchev–Trinajstić information content (AvgIpc) is 3.43. The Bertz CT molecular complexity index is 1450. The van der Waals surface area contributed by atoms with Gasteiger partial charge in [-0.3, -0.25) is 9.69 Å². The maximum absolute atomic E-state index is 14.8. The first kappa shape index (κ1) is 24.4. The van der Waals surface area contributed by atoms with Crippen molar-refractivity contribution in [3.05, 3.63) is 93.8 Å². The molecular weight excluding hydrogens is 484 g/mol. The molecule has 2 heterocycles. The van der Waals surface area contributed by atoms with Crippen molar-refractivity contribution >= 4 is 28.4 Å². The summed E-state index contributed by atoms with van der Waals surface area (Å²) in [6.07, 6.45) is 0.825. The first-order valence-electron chi connectivity index (χ1n) is 11.8. The molecule has 0 radical (unpaired) electrons. The summed E-state index contributed by atoms with van der Waals surface area (Å²) in [4.78, 5) is 18.8. The van der Waals surface area contributed by atoms with E-state index in [2.05, 4.69) is 4.90 Å². The highest BCUT2D eigenvalue weighted by molar-refractivity contribution is 6.30. The normalized spacial score (nSPS) is 16.1. The van der Waals surface area contributed by atoms with E-state index in [1.165, 1.54) is 18.2 Å². The van der Waals surface area contributed by atoms with Crippen LogP contribution in [0.25, 0.3) is 11.0 Å².